The van der Waals surface area contributed by atoms with Crippen molar-refractivity contribution in [2.45, 2.75) is 25.9 Å². The lowest BCUT2D eigenvalue weighted by Crippen LogP contribution is -2.46. The number of rotatable bonds is 4. The van der Waals surface area contributed by atoms with Gasteiger partial charge in [0.1, 0.15) is 0 Å². The topological polar surface area (TPSA) is 94.9 Å². The Morgan fingerprint density at radius 1 is 1.50 bits per heavy atom. The highest BCUT2D eigenvalue weighted by Crippen LogP contribution is 2.19. The number of β-amino-alcohol motifs (C(OH)–C–C–N with tert-alkyl or cyclic N) is 1. The molecule has 2 N–H and O–H groups in total. The van der Waals surface area contributed by atoms with E-state index in [1.54, 1.807) is 0 Å². The normalized spacial score (nSPS) is 27.9. The Kier molecular flexibility index (Phi) is 4.28. The van der Waals surface area contributed by atoms with E-state index in [2.05, 4.69) is 0 Å². The lowest BCUT2D eigenvalue weighted by molar-refractivity contribution is -0.136. The van der Waals surface area contributed by atoms with Crippen molar-refractivity contribution in [3.8, 4) is 0 Å². The van der Waals surface area contributed by atoms with Crippen LogP contribution in [-0.2, 0) is 14.8 Å². The summed E-state index contributed by atoms with van der Waals surface area (Å²) in [4.78, 5) is 10.3. The summed E-state index contributed by atoms with van der Waals surface area (Å²) in [5.74, 6) is -1.44. The second-order valence-electron chi connectivity index (χ2n) is 4.15. The third-order valence-electron chi connectivity index (χ3n) is 2.85. The standard InChI is InChI=1S/C9H17NO5S/c1-7-2-4-10(6-8(7)11)16(14,15)5-3-9(12)13/h7-8,11H,2-6H2,1H3,(H,12,13). The van der Waals surface area contributed by atoms with Gasteiger partial charge < -0.3 is 10.2 Å². The maximum Gasteiger partial charge on any atom is 0.304 e. The molecule has 0 aromatic carbocycles. The monoisotopic (exact) mass is 251 g/mol. The molecule has 6 nitrogen and oxygen atoms in total. The second kappa shape index (κ2) is 5.11. The molecule has 1 aliphatic heterocycles. The van der Waals surface area contributed by atoms with Crippen molar-refractivity contribution in [2.24, 2.45) is 5.92 Å². The number of aliphatic carboxylic acids is 1. The van der Waals surface area contributed by atoms with Crippen LogP contribution in [0.3, 0.4) is 0 Å². The van der Waals surface area contributed by atoms with Crippen molar-refractivity contribution >= 4 is 16.0 Å². The van der Waals surface area contributed by atoms with Crippen molar-refractivity contribution in [1.82, 2.24) is 4.31 Å². The SMILES string of the molecule is CC1CCN(S(=O)(=O)CCC(=O)O)CC1O. The first kappa shape index (κ1) is 13.4. The van der Waals surface area contributed by atoms with Gasteiger partial charge in [-0.15, -0.1) is 0 Å². The molecule has 94 valence electrons. The Morgan fingerprint density at radius 3 is 2.62 bits per heavy atom. The largest absolute Gasteiger partial charge is 0.481 e. The van der Waals surface area contributed by atoms with Crippen LogP contribution < -0.4 is 0 Å². The Bertz CT molecular complexity index is 353. The van der Waals surface area contributed by atoms with E-state index in [-0.39, 0.29) is 12.5 Å². The molecule has 7 heteroatoms. The maximum atomic E-state index is 11.7. The van der Waals surface area contributed by atoms with Crippen molar-refractivity contribution in [3.63, 3.8) is 0 Å². The second-order valence-corrected chi connectivity index (χ2v) is 6.24. The molecule has 16 heavy (non-hydrogen) atoms. The first-order valence-electron chi connectivity index (χ1n) is 5.20. The Balaban J connectivity index is 2.59. The van der Waals surface area contributed by atoms with Crippen molar-refractivity contribution in [2.75, 3.05) is 18.8 Å². The molecule has 0 aromatic heterocycles. The van der Waals surface area contributed by atoms with Crippen molar-refractivity contribution in [3.05, 3.63) is 0 Å². The van der Waals surface area contributed by atoms with Crippen LogP contribution in [0.5, 0.6) is 0 Å². The summed E-state index contributed by atoms with van der Waals surface area (Å²) in [7, 11) is -3.54. The molecule has 2 atom stereocenters. The smallest absolute Gasteiger partial charge is 0.304 e. The molecule has 1 fully saturated rings. The van der Waals surface area contributed by atoms with E-state index in [1.807, 2.05) is 6.92 Å². The third kappa shape index (κ3) is 3.43. The van der Waals surface area contributed by atoms with Crippen molar-refractivity contribution in [1.29, 1.82) is 0 Å². The highest BCUT2D eigenvalue weighted by molar-refractivity contribution is 7.89. The fourth-order valence-electron chi connectivity index (χ4n) is 1.62. The number of carbonyl (C=O) groups is 1. The number of aliphatic hydroxyl groups excluding tert-OH is 1. The van der Waals surface area contributed by atoms with Gasteiger partial charge in [0.05, 0.1) is 18.3 Å². The minimum Gasteiger partial charge on any atom is -0.481 e. The molecule has 0 spiro atoms. The molecular formula is C9H17NO5S. The van der Waals surface area contributed by atoms with E-state index in [1.165, 1.54) is 4.31 Å². The highest BCUT2D eigenvalue weighted by Gasteiger charge is 2.31. The lowest BCUT2D eigenvalue weighted by atomic mass is 9.98. The van der Waals surface area contributed by atoms with Crippen LogP contribution in [-0.4, -0.2) is 53.9 Å². The highest BCUT2D eigenvalue weighted by atomic mass is 32.2. The number of sulfonamides is 1. The number of nitrogens with zero attached hydrogens (tertiary/aromatic N) is 1. The number of carboxylic acids is 1. The van der Waals surface area contributed by atoms with Gasteiger partial charge in [0.15, 0.2) is 0 Å². The van der Waals surface area contributed by atoms with E-state index in [4.69, 9.17) is 5.11 Å². The number of carboxylic acid groups (broad SMARTS) is 1. The summed E-state index contributed by atoms with van der Waals surface area (Å²) < 4.78 is 24.6. The maximum absolute atomic E-state index is 11.7. The average molecular weight is 251 g/mol. The van der Waals surface area contributed by atoms with E-state index >= 15 is 0 Å². The summed E-state index contributed by atoms with van der Waals surface area (Å²) in [6.07, 6.45) is -0.453. The van der Waals surface area contributed by atoms with Crippen LogP contribution in [0.15, 0.2) is 0 Å². The summed E-state index contributed by atoms with van der Waals surface area (Å²) in [5.41, 5.74) is 0. The van der Waals surface area contributed by atoms with E-state index in [0.29, 0.717) is 13.0 Å². The minimum atomic E-state index is -3.54. The number of piperidine rings is 1. The van der Waals surface area contributed by atoms with Gasteiger partial charge in [0, 0.05) is 13.1 Å². The van der Waals surface area contributed by atoms with Gasteiger partial charge in [-0.2, -0.15) is 4.31 Å². The fraction of sp³-hybridized carbons (Fsp3) is 0.889. The number of hydrogen-bond donors (Lipinski definition) is 2. The molecule has 2 unspecified atom stereocenters. The first-order chi connectivity index (χ1) is 7.33. The summed E-state index contributed by atoms with van der Waals surface area (Å²) >= 11 is 0. The molecule has 1 saturated heterocycles. The predicted octanol–water partition coefficient (Wildman–Crippen LogP) is -0.506. The lowest BCUT2D eigenvalue weighted by Gasteiger charge is -2.33. The molecule has 0 aliphatic carbocycles. The van der Waals surface area contributed by atoms with Crippen molar-refractivity contribution < 1.29 is 23.4 Å². The van der Waals surface area contributed by atoms with Gasteiger partial charge in [-0.3, -0.25) is 4.79 Å². The van der Waals surface area contributed by atoms with Gasteiger partial charge >= 0.3 is 5.97 Å². The predicted molar refractivity (Wildman–Crippen MR) is 57.4 cm³/mol. The van der Waals surface area contributed by atoms with Crippen LogP contribution in [0, 0.1) is 5.92 Å². The average Bonchev–Trinajstić information content (AvgIpc) is 2.19. The fourth-order valence-corrected chi connectivity index (χ4v) is 3.07. The molecule has 0 saturated carbocycles. The van der Waals surface area contributed by atoms with E-state index in [9.17, 15) is 18.3 Å². The summed E-state index contributed by atoms with van der Waals surface area (Å²) in [6, 6.07) is 0. The van der Waals surface area contributed by atoms with Gasteiger partial charge in [-0.1, -0.05) is 6.92 Å². The molecule has 0 amide bonds. The zero-order valence-electron chi connectivity index (χ0n) is 9.16. The van der Waals surface area contributed by atoms with Crippen LogP contribution in [0.4, 0.5) is 0 Å². The van der Waals surface area contributed by atoms with E-state index in [0.717, 1.165) is 0 Å². The molecule has 1 heterocycles. The Morgan fingerprint density at radius 2 is 2.12 bits per heavy atom. The number of hydrogen-bond acceptors (Lipinski definition) is 4. The van der Waals surface area contributed by atoms with Gasteiger partial charge in [-0.05, 0) is 12.3 Å². The minimum absolute atomic E-state index is 0.0725. The summed E-state index contributed by atoms with van der Waals surface area (Å²) in [6.45, 7) is 2.30. The van der Waals surface area contributed by atoms with Gasteiger partial charge in [0.25, 0.3) is 0 Å². The quantitative estimate of drug-likeness (QED) is 0.702. The zero-order chi connectivity index (χ0) is 12.3. The molecular weight excluding hydrogens is 234 g/mol. The molecule has 1 aliphatic rings. The molecule has 0 radical (unpaired) electrons. The molecule has 0 bridgehead atoms. The first-order valence-corrected chi connectivity index (χ1v) is 6.81. The van der Waals surface area contributed by atoms with Crippen LogP contribution in [0.25, 0.3) is 0 Å². The van der Waals surface area contributed by atoms with Crippen LogP contribution in [0.2, 0.25) is 0 Å². The number of aliphatic hydroxyl groups is 1. The Hall–Kier alpha value is -0.660. The van der Waals surface area contributed by atoms with Crippen LogP contribution in [0.1, 0.15) is 19.8 Å². The van der Waals surface area contributed by atoms with Gasteiger partial charge in [0.2, 0.25) is 10.0 Å². The Labute approximate surface area is 94.9 Å². The molecule has 0 aromatic rings. The third-order valence-corrected chi connectivity index (χ3v) is 4.69. The van der Waals surface area contributed by atoms with Crippen LogP contribution >= 0.6 is 0 Å². The van der Waals surface area contributed by atoms with Gasteiger partial charge in [-0.25, -0.2) is 8.42 Å². The van der Waals surface area contributed by atoms with E-state index < -0.39 is 34.3 Å². The molecule has 1 rings (SSSR count). The summed E-state index contributed by atoms with van der Waals surface area (Å²) in [5, 5.41) is 18.0. The zero-order valence-corrected chi connectivity index (χ0v) is 9.98.